The summed E-state index contributed by atoms with van der Waals surface area (Å²) in [6.07, 6.45) is -2.65. The first-order valence-corrected chi connectivity index (χ1v) is 16.6. The topological polar surface area (TPSA) is 106 Å². The average Bonchev–Trinajstić information content (AvgIpc) is 3.10. The molecule has 4 N–H and O–H groups in total. The van der Waals surface area contributed by atoms with Crippen LogP contribution in [0, 0.1) is 13.8 Å². The van der Waals surface area contributed by atoms with E-state index < -0.39 is 35.7 Å². The van der Waals surface area contributed by atoms with E-state index in [9.17, 15) is 4.79 Å². The lowest BCUT2D eigenvalue weighted by Gasteiger charge is -2.35. The zero-order valence-electron chi connectivity index (χ0n) is 28.6. The first kappa shape index (κ1) is 35.4. The quantitative estimate of drug-likeness (QED) is 0.0862. The van der Waals surface area contributed by atoms with Gasteiger partial charge in [0.05, 0.1) is 0 Å². The Morgan fingerprint density at radius 2 is 0.959 bits per heavy atom. The number of hydrogen-bond donors (Lipinski definition) is 2. The average molecular weight is 659 g/mol. The van der Waals surface area contributed by atoms with Gasteiger partial charge in [-0.05, 0) is 67.6 Å². The van der Waals surface area contributed by atoms with Crippen molar-refractivity contribution in [3.63, 3.8) is 0 Å². The summed E-state index contributed by atoms with van der Waals surface area (Å²) in [5, 5.41) is 0. The third-order valence-electron chi connectivity index (χ3n) is 8.70. The molecule has 0 amide bonds. The van der Waals surface area contributed by atoms with Crippen LogP contribution in [0.15, 0.2) is 140 Å². The first-order valence-electron chi connectivity index (χ1n) is 16.6. The molecule has 0 saturated heterocycles. The van der Waals surface area contributed by atoms with Crippen LogP contribution in [0.4, 0.5) is 0 Å². The third kappa shape index (κ3) is 9.15. The Hall–Kier alpha value is -4.95. The molecule has 7 nitrogen and oxygen atoms in total. The highest BCUT2D eigenvalue weighted by molar-refractivity contribution is 5.76. The minimum atomic E-state index is -1.14. The van der Waals surface area contributed by atoms with E-state index >= 15 is 0 Å². The molecule has 7 heteroatoms. The van der Waals surface area contributed by atoms with Gasteiger partial charge in [0, 0.05) is 12.8 Å². The van der Waals surface area contributed by atoms with Gasteiger partial charge in [-0.3, -0.25) is 5.73 Å². The smallest absolute Gasteiger partial charge is 0.341 e. The molecule has 0 aromatic heterocycles. The number of aryl methyl sites for hydroxylation is 2. The summed E-state index contributed by atoms with van der Waals surface area (Å²) in [6, 6.07) is 44.4. The molecule has 5 aromatic carbocycles. The zero-order valence-corrected chi connectivity index (χ0v) is 28.6. The molecule has 5 rings (SSSR count). The molecule has 5 atom stereocenters. The molecule has 0 bridgehead atoms. The lowest BCUT2D eigenvalue weighted by molar-refractivity contribution is -0.171. The Bertz CT molecular complexity index is 1790. The van der Waals surface area contributed by atoms with Crippen LogP contribution >= 0.6 is 0 Å². The van der Waals surface area contributed by atoms with Gasteiger partial charge in [-0.15, -0.1) is 0 Å². The SMILES string of the molecule is Cc1ccccc1OC(C)(CC(N)OC(=O)[C@H](OC(N)CC(C)(Oc1ccccc1C)c1ccccc1)c1ccccc1)c1ccccc1. The monoisotopic (exact) mass is 658 g/mol. The number of rotatable bonds is 15. The van der Waals surface area contributed by atoms with Gasteiger partial charge in [-0.1, -0.05) is 127 Å². The van der Waals surface area contributed by atoms with E-state index in [1.807, 2.05) is 155 Å². The van der Waals surface area contributed by atoms with Crippen molar-refractivity contribution in [3.05, 3.63) is 167 Å². The predicted octanol–water partition coefficient (Wildman–Crippen LogP) is 8.24. The van der Waals surface area contributed by atoms with E-state index in [1.54, 1.807) is 12.1 Å². The Kier molecular flexibility index (Phi) is 11.5. The highest BCUT2D eigenvalue weighted by atomic mass is 16.6. The van der Waals surface area contributed by atoms with Crippen molar-refractivity contribution in [2.45, 2.75) is 70.3 Å². The molecule has 0 heterocycles. The van der Waals surface area contributed by atoms with Crippen LogP contribution in [0.5, 0.6) is 11.5 Å². The maximum Gasteiger partial charge on any atom is 0.341 e. The second kappa shape index (κ2) is 16.0. The minimum Gasteiger partial charge on any atom is -0.482 e. The second-order valence-electron chi connectivity index (χ2n) is 12.8. The first-order chi connectivity index (χ1) is 23.6. The standard InChI is InChI=1S/C42H46N2O5/c1-30-18-14-16-26-35(30)48-41(3,33-22-10-6-11-23-33)28-37(43)46-39(32-20-8-5-9-21-32)40(45)47-38(44)29-42(4,34-24-12-7-13-25-34)49-36-27-17-15-19-31(36)2/h5-27,37-39H,28-29,43-44H2,1-4H3/t37?,38?,39-,41?,42?/m1/s1. The third-order valence-corrected chi connectivity index (χ3v) is 8.70. The molecule has 0 aliphatic carbocycles. The van der Waals surface area contributed by atoms with Gasteiger partial charge in [0.25, 0.3) is 0 Å². The fraction of sp³-hybridized carbons (Fsp3) is 0.262. The van der Waals surface area contributed by atoms with E-state index in [0.717, 1.165) is 33.8 Å². The lowest BCUT2D eigenvalue weighted by Crippen LogP contribution is -2.42. The van der Waals surface area contributed by atoms with Crippen molar-refractivity contribution in [1.29, 1.82) is 0 Å². The molecule has 5 aromatic rings. The molecule has 0 radical (unpaired) electrons. The number of carbonyl (C=O) groups excluding carboxylic acids is 1. The largest absolute Gasteiger partial charge is 0.482 e. The van der Waals surface area contributed by atoms with Crippen LogP contribution in [-0.2, 0) is 25.5 Å². The van der Waals surface area contributed by atoms with E-state index in [0.29, 0.717) is 5.56 Å². The van der Waals surface area contributed by atoms with E-state index in [2.05, 4.69) is 0 Å². The molecule has 0 fully saturated rings. The van der Waals surface area contributed by atoms with Crippen LogP contribution in [0.3, 0.4) is 0 Å². The Balaban J connectivity index is 1.36. The van der Waals surface area contributed by atoms with Gasteiger partial charge in [-0.2, -0.15) is 0 Å². The summed E-state index contributed by atoms with van der Waals surface area (Å²) in [5.74, 6) is 0.806. The van der Waals surface area contributed by atoms with Crippen molar-refractivity contribution in [2.75, 3.05) is 0 Å². The number of carbonyl (C=O) groups is 1. The van der Waals surface area contributed by atoms with Gasteiger partial charge in [0.2, 0.25) is 0 Å². The van der Waals surface area contributed by atoms with E-state index in [1.165, 1.54) is 0 Å². The van der Waals surface area contributed by atoms with Gasteiger partial charge in [0.1, 0.15) is 28.9 Å². The Morgan fingerprint density at radius 3 is 1.41 bits per heavy atom. The van der Waals surface area contributed by atoms with Crippen molar-refractivity contribution >= 4 is 5.97 Å². The summed E-state index contributed by atoms with van der Waals surface area (Å²) in [7, 11) is 0. The number of para-hydroxylation sites is 2. The molecule has 254 valence electrons. The molecule has 0 saturated carbocycles. The summed E-state index contributed by atoms with van der Waals surface area (Å²) in [5.41, 5.74) is 15.9. The molecule has 49 heavy (non-hydrogen) atoms. The molecule has 0 spiro atoms. The van der Waals surface area contributed by atoms with Crippen LogP contribution < -0.4 is 20.9 Å². The fourth-order valence-corrected chi connectivity index (χ4v) is 5.99. The number of ether oxygens (including phenoxy) is 4. The summed E-state index contributed by atoms with van der Waals surface area (Å²) in [4.78, 5) is 13.9. The molecular weight excluding hydrogens is 612 g/mol. The van der Waals surface area contributed by atoms with Crippen molar-refractivity contribution in [1.82, 2.24) is 0 Å². The predicted molar refractivity (Wildman–Crippen MR) is 193 cm³/mol. The summed E-state index contributed by atoms with van der Waals surface area (Å²) in [6.45, 7) is 7.91. The highest BCUT2D eigenvalue weighted by Crippen LogP contribution is 2.36. The fourth-order valence-electron chi connectivity index (χ4n) is 5.99. The van der Waals surface area contributed by atoms with Crippen molar-refractivity contribution in [2.24, 2.45) is 11.5 Å². The Labute approximate surface area is 289 Å². The van der Waals surface area contributed by atoms with Crippen LogP contribution in [0.1, 0.15) is 60.6 Å². The second-order valence-corrected chi connectivity index (χ2v) is 12.8. The molecule has 0 aliphatic rings. The van der Waals surface area contributed by atoms with Gasteiger partial charge >= 0.3 is 5.97 Å². The molecule has 4 unspecified atom stereocenters. The summed E-state index contributed by atoms with van der Waals surface area (Å²) < 4.78 is 25.5. The van der Waals surface area contributed by atoms with Gasteiger partial charge < -0.3 is 24.7 Å². The lowest BCUT2D eigenvalue weighted by atomic mass is 9.91. The number of esters is 1. The minimum absolute atomic E-state index is 0.182. The van der Waals surface area contributed by atoms with Gasteiger partial charge in [-0.25, -0.2) is 4.79 Å². The number of benzene rings is 5. The van der Waals surface area contributed by atoms with E-state index in [-0.39, 0.29) is 12.8 Å². The van der Waals surface area contributed by atoms with Crippen LogP contribution in [0.25, 0.3) is 0 Å². The Morgan fingerprint density at radius 1 is 0.571 bits per heavy atom. The van der Waals surface area contributed by atoms with Crippen LogP contribution in [-0.4, -0.2) is 18.4 Å². The highest BCUT2D eigenvalue weighted by Gasteiger charge is 2.37. The normalized spacial score (nSPS) is 15.6. The molecule has 0 aliphatic heterocycles. The van der Waals surface area contributed by atoms with Crippen molar-refractivity contribution in [3.8, 4) is 11.5 Å². The van der Waals surface area contributed by atoms with Gasteiger partial charge in [0.15, 0.2) is 12.3 Å². The summed E-state index contributed by atoms with van der Waals surface area (Å²) >= 11 is 0. The number of hydrogen-bond acceptors (Lipinski definition) is 7. The van der Waals surface area contributed by atoms with E-state index in [4.69, 9.17) is 30.4 Å². The molecular formula is C42H46N2O5. The maximum atomic E-state index is 13.9. The zero-order chi connectivity index (χ0) is 34.9. The maximum absolute atomic E-state index is 13.9. The number of nitrogens with two attached hydrogens (primary N) is 2. The van der Waals surface area contributed by atoms with Crippen molar-refractivity contribution < 1.29 is 23.7 Å². The van der Waals surface area contributed by atoms with Crippen LogP contribution in [0.2, 0.25) is 0 Å².